The molecule has 0 fully saturated rings. The molecule has 0 saturated heterocycles. The molecule has 0 amide bonds. The third-order valence-electron chi connectivity index (χ3n) is 1.47. The maximum absolute atomic E-state index is 10.7. The number of aromatic nitrogens is 2. The van der Waals surface area contributed by atoms with Gasteiger partial charge in [0.15, 0.2) is 0 Å². The van der Waals surface area contributed by atoms with Crippen LogP contribution in [0.15, 0.2) is 12.3 Å². The number of H-pyrrole nitrogens is 1. The zero-order chi connectivity index (χ0) is 8.81. The summed E-state index contributed by atoms with van der Waals surface area (Å²) in [7, 11) is 0. The van der Waals surface area contributed by atoms with Crippen molar-refractivity contribution in [3.8, 4) is 0 Å². The largest absolute Gasteiger partial charge is 0.465 e. The van der Waals surface area contributed by atoms with Gasteiger partial charge in [0.25, 0.3) is 0 Å². The Morgan fingerprint density at radius 2 is 2.58 bits per heavy atom. The summed E-state index contributed by atoms with van der Waals surface area (Å²) in [6.45, 7) is 2.19. The lowest BCUT2D eigenvalue weighted by atomic mass is 10.3. The van der Waals surface area contributed by atoms with E-state index in [1.54, 1.807) is 13.1 Å². The number of nitrogens with zero attached hydrogens (tertiary/aromatic N) is 1. The van der Waals surface area contributed by atoms with Crippen molar-refractivity contribution < 1.29 is 9.53 Å². The van der Waals surface area contributed by atoms with Crippen LogP contribution in [0.1, 0.15) is 19.0 Å². The van der Waals surface area contributed by atoms with Gasteiger partial charge < -0.3 is 4.74 Å². The average Bonchev–Trinajstić information content (AvgIpc) is 2.57. The van der Waals surface area contributed by atoms with Crippen molar-refractivity contribution >= 4 is 5.97 Å². The van der Waals surface area contributed by atoms with Crippen molar-refractivity contribution in [2.45, 2.75) is 19.8 Å². The highest BCUT2D eigenvalue weighted by Gasteiger charge is 1.99. The summed E-state index contributed by atoms with van der Waals surface area (Å²) in [6.07, 6.45) is 2.85. The molecule has 1 heterocycles. The fraction of sp³-hybridized carbons (Fsp3) is 0.500. The molecular formula is C8H12N2O2. The zero-order valence-electron chi connectivity index (χ0n) is 7.04. The quantitative estimate of drug-likeness (QED) is 0.680. The SMILES string of the molecule is CCC(=O)OCCc1cc[nH]n1. The normalized spacial score (nSPS) is 9.75. The van der Waals surface area contributed by atoms with E-state index in [0.717, 1.165) is 5.69 Å². The predicted octanol–water partition coefficient (Wildman–Crippen LogP) is 0.905. The molecule has 0 aliphatic carbocycles. The van der Waals surface area contributed by atoms with Gasteiger partial charge in [-0.05, 0) is 6.07 Å². The monoisotopic (exact) mass is 168 g/mol. The molecule has 0 aromatic carbocycles. The summed E-state index contributed by atoms with van der Waals surface area (Å²) in [5.41, 5.74) is 0.916. The summed E-state index contributed by atoms with van der Waals surface area (Å²) in [5.74, 6) is -0.162. The van der Waals surface area contributed by atoms with E-state index in [0.29, 0.717) is 19.4 Å². The number of hydrogen-bond acceptors (Lipinski definition) is 3. The molecule has 0 aliphatic rings. The van der Waals surface area contributed by atoms with Crippen molar-refractivity contribution in [1.82, 2.24) is 10.2 Å². The Morgan fingerprint density at radius 3 is 3.17 bits per heavy atom. The molecule has 4 heteroatoms. The van der Waals surface area contributed by atoms with Crippen molar-refractivity contribution in [1.29, 1.82) is 0 Å². The van der Waals surface area contributed by atoms with Crippen LogP contribution in [0.25, 0.3) is 0 Å². The van der Waals surface area contributed by atoms with E-state index < -0.39 is 0 Å². The van der Waals surface area contributed by atoms with Gasteiger partial charge in [-0.25, -0.2) is 0 Å². The van der Waals surface area contributed by atoms with Gasteiger partial charge in [0.1, 0.15) is 0 Å². The van der Waals surface area contributed by atoms with Gasteiger partial charge >= 0.3 is 5.97 Å². The molecule has 0 aliphatic heterocycles. The first-order valence-electron chi connectivity index (χ1n) is 3.97. The first-order chi connectivity index (χ1) is 5.83. The van der Waals surface area contributed by atoms with Crippen LogP contribution in [-0.4, -0.2) is 22.8 Å². The maximum Gasteiger partial charge on any atom is 0.305 e. The van der Waals surface area contributed by atoms with Crippen molar-refractivity contribution in [3.05, 3.63) is 18.0 Å². The maximum atomic E-state index is 10.7. The van der Waals surface area contributed by atoms with Crippen LogP contribution in [0, 0.1) is 0 Å². The van der Waals surface area contributed by atoms with Crippen molar-refractivity contribution in [3.63, 3.8) is 0 Å². The number of rotatable bonds is 4. The molecule has 0 radical (unpaired) electrons. The minimum Gasteiger partial charge on any atom is -0.465 e. The number of carbonyl (C=O) groups is 1. The Balaban J connectivity index is 2.15. The second-order valence-corrected chi connectivity index (χ2v) is 2.39. The molecule has 0 spiro atoms. The number of esters is 1. The Labute approximate surface area is 70.9 Å². The Bertz CT molecular complexity index is 231. The van der Waals surface area contributed by atoms with Gasteiger partial charge in [-0.2, -0.15) is 5.10 Å². The van der Waals surface area contributed by atoms with Crippen LogP contribution in [0.2, 0.25) is 0 Å². The topological polar surface area (TPSA) is 55.0 Å². The standard InChI is InChI=1S/C8H12N2O2/c1-2-8(11)12-6-4-7-3-5-9-10-7/h3,5H,2,4,6H2,1H3,(H,9,10). The summed E-state index contributed by atoms with van der Waals surface area (Å²) >= 11 is 0. The molecule has 0 bridgehead atoms. The smallest absolute Gasteiger partial charge is 0.305 e. The minimum absolute atomic E-state index is 0.162. The van der Waals surface area contributed by atoms with Gasteiger partial charge in [0.2, 0.25) is 0 Å². The molecule has 12 heavy (non-hydrogen) atoms. The molecule has 66 valence electrons. The van der Waals surface area contributed by atoms with Gasteiger partial charge in [0.05, 0.1) is 12.3 Å². The van der Waals surface area contributed by atoms with Crippen LogP contribution in [0.4, 0.5) is 0 Å². The van der Waals surface area contributed by atoms with Gasteiger partial charge in [-0.1, -0.05) is 6.92 Å². The van der Waals surface area contributed by atoms with Crippen LogP contribution in [-0.2, 0) is 16.0 Å². The minimum atomic E-state index is -0.162. The Morgan fingerprint density at radius 1 is 1.75 bits per heavy atom. The molecule has 1 aromatic heterocycles. The summed E-state index contributed by atoms with van der Waals surface area (Å²) < 4.78 is 4.87. The summed E-state index contributed by atoms with van der Waals surface area (Å²) in [6, 6.07) is 1.86. The third-order valence-corrected chi connectivity index (χ3v) is 1.47. The van der Waals surface area contributed by atoms with E-state index in [9.17, 15) is 4.79 Å². The van der Waals surface area contributed by atoms with Crippen LogP contribution in [0.3, 0.4) is 0 Å². The van der Waals surface area contributed by atoms with E-state index >= 15 is 0 Å². The predicted molar refractivity (Wildman–Crippen MR) is 43.5 cm³/mol. The van der Waals surface area contributed by atoms with E-state index in [1.165, 1.54) is 0 Å². The molecule has 0 saturated carbocycles. The second kappa shape index (κ2) is 4.54. The van der Waals surface area contributed by atoms with Gasteiger partial charge in [-0.15, -0.1) is 0 Å². The highest BCUT2D eigenvalue weighted by molar-refractivity contribution is 5.68. The highest BCUT2D eigenvalue weighted by atomic mass is 16.5. The van der Waals surface area contributed by atoms with E-state index in [2.05, 4.69) is 10.2 Å². The van der Waals surface area contributed by atoms with Crippen LogP contribution in [0.5, 0.6) is 0 Å². The molecule has 0 unspecified atom stereocenters. The van der Waals surface area contributed by atoms with E-state index in [4.69, 9.17) is 4.74 Å². The zero-order valence-corrected chi connectivity index (χ0v) is 7.04. The van der Waals surface area contributed by atoms with E-state index in [-0.39, 0.29) is 5.97 Å². The average molecular weight is 168 g/mol. The molecule has 0 atom stereocenters. The Hall–Kier alpha value is -1.32. The molecular weight excluding hydrogens is 156 g/mol. The summed E-state index contributed by atoms with van der Waals surface area (Å²) in [4.78, 5) is 10.7. The highest BCUT2D eigenvalue weighted by Crippen LogP contribution is 1.94. The number of hydrogen-bond donors (Lipinski definition) is 1. The number of ether oxygens (including phenoxy) is 1. The number of carbonyl (C=O) groups excluding carboxylic acids is 1. The summed E-state index contributed by atoms with van der Waals surface area (Å²) in [5, 5.41) is 6.61. The first-order valence-corrected chi connectivity index (χ1v) is 3.97. The fourth-order valence-corrected chi connectivity index (χ4v) is 0.802. The van der Waals surface area contributed by atoms with Crippen molar-refractivity contribution in [2.75, 3.05) is 6.61 Å². The lowest BCUT2D eigenvalue weighted by molar-refractivity contribution is -0.143. The molecule has 4 nitrogen and oxygen atoms in total. The Kier molecular flexibility index (Phi) is 3.32. The first kappa shape index (κ1) is 8.77. The lowest BCUT2D eigenvalue weighted by Gasteiger charge is -1.99. The number of nitrogens with one attached hydrogen (secondary N) is 1. The van der Waals surface area contributed by atoms with Crippen LogP contribution < -0.4 is 0 Å². The van der Waals surface area contributed by atoms with E-state index in [1.807, 2.05) is 6.07 Å². The van der Waals surface area contributed by atoms with Crippen LogP contribution >= 0.6 is 0 Å². The molecule has 1 aromatic rings. The van der Waals surface area contributed by atoms with Gasteiger partial charge in [0, 0.05) is 19.0 Å². The number of aromatic amines is 1. The fourth-order valence-electron chi connectivity index (χ4n) is 0.802. The lowest BCUT2D eigenvalue weighted by Crippen LogP contribution is -2.06. The third kappa shape index (κ3) is 2.74. The second-order valence-electron chi connectivity index (χ2n) is 2.39. The van der Waals surface area contributed by atoms with Crippen molar-refractivity contribution in [2.24, 2.45) is 0 Å². The molecule has 1 rings (SSSR count). The van der Waals surface area contributed by atoms with Gasteiger partial charge in [-0.3, -0.25) is 9.89 Å². The molecule has 1 N–H and O–H groups in total.